The van der Waals surface area contributed by atoms with Gasteiger partial charge in [-0.05, 0) is 37.8 Å². The van der Waals surface area contributed by atoms with Gasteiger partial charge in [-0.3, -0.25) is 0 Å². The van der Waals surface area contributed by atoms with Gasteiger partial charge in [-0.25, -0.2) is 4.98 Å². The molecular formula is C27H29N3OS2. The third-order valence-corrected chi connectivity index (χ3v) is 10.8. The molecule has 2 aliphatic carbocycles. The van der Waals surface area contributed by atoms with Crippen LogP contribution < -0.4 is 0 Å². The first-order chi connectivity index (χ1) is 16.1. The van der Waals surface area contributed by atoms with E-state index in [4.69, 9.17) is 9.72 Å². The minimum Gasteiger partial charge on any atom is -0.350 e. The molecule has 5 rings (SSSR count). The lowest BCUT2D eigenvalue weighted by molar-refractivity contribution is -0.108. The van der Waals surface area contributed by atoms with Gasteiger partial charge in [0.15, 0.2) is 0 Å². The number of allylic oxidation sites excluding steroid dienone is 1. The Morgan fingerprint density at radius 3 is 2.42 bits per heavy atom. The Hall–Kier alpha value is -1.99. The van der Waals surface area contributed by atoms with Gasteiger partial charge in [0.05, 0.1) is 33.8 Å². The van der Waals surface area contributed by atoms with Crippen LogP contribution in [-0.2, 0) is 4.74 Å². The van der Waals surface area contributed by atoms with Crippen molar-refractivity contribution in [3.8, 4) is 12.1 Å². The van der Waals surface area contributed by atoms with E-state index in [0.29, 0.717) is 6.42 Å². The van der Waals surface area contributed by atoms with E-state index in [1.807, 2.05) is 23.9 Å². The van der Waals surface area contributed by atoms with Crippen LogP contribution in [0.5, 0.6) is 0 Å². The summed E-state index contributed by atoms with van der Waals surface area (Å²) in [5.74, 6) is 0. The highest BCUT2D eigenvalue weighted by molar-refractivity contribution is 8.07. The van der Waals surface area contributed by atoms with E-state index in [0.717, 1.165) is 72.2 Å². The number of rotatable bonds is 4. The monoisotopic (exact) mass is 475 g/mol. The number of hydrogen-bond acceptors (Lipinski definition) is 6. The molecule has 1 aliphatic heterocycles. The molecule has 3 aliphatic rings. The fourth-order valence-corrected chi connectivity index (χ4v) is 9.18. The minimum atomic E-state index is -0.666. The summed E-state index contributed by atoms with van der Waals surface area (Å²) < 4.78 is 6.90. The summed E-state index contributed by atoms with van der Waals surface area (Å²) in [7, 11) is 0. The number of nitriles is 2. The zero-order chi connectivity index (χ0) is 22.8. The van der Waals surface area contributed by atoms with Crippen molar-refractivity contribution in [2.75, 3.05) is 0 Å². The molecule has 1 spiro atoms. The second-order valence-corrected chi connectivity index (χ2v) is 12.2. The van der Waals surface area contributed by atoms with Crippen LogP contribution in [0, 0.1) is 22.7 Å². The van der Waals surface area contributed by atoms with Gasteiger partial charge < -0.3 is 4.74 Å². The van der Waals surface area contributed by atoms with Crippen LogP contribution in [0.3, 0.4) is 0 Å². The molecule has 170 valence electrons. The van der Waals surface area contributed by atoms with Crippen molar-refractivity contribution in [3.05, 3.63) is 47.4 Å². The average Bonchev–Trinajstić information content (AvgIpc) is 3.14. The molecule has 1 aromatic heterocycles. The topological polar surface area (TPSA) is 69.7 Å². The summed E-state index contributed by atoms with van der Waals surface area (Å²) in [5.41, 5.74) is 0.591. The van der Waals surface area contributed by atoms with Gasteiger partial charge in [-0.15, -0.1) is 0 Å². The average molecular weight is 476 g/mol. The van der Waals surface area contributed by atoms with Crippen LogP contribution in [0.4, 0.5) is 0 Å². The number of hydrogen-bond donors (Lipinski definition) is 0. The Labute approximate surface area is 204 Å². The van der Waals surface area contributed by atoms with Crippen molar-refractivity contribution in [2.24, 2.45) is 0 Å². The fraction of sp³-hybridized carbons (Fsp3) is 0.519. The number of pyridine rings is 1. The molecule has 1 unspecified atom stereocenters. The number of para-hydroxylation sites is 1. The molecule has 0 radical (unpaired) electrons. The predicted molar refractivity (Wildman–Crippen MR) is 135 cm³/mol. The summed E-state index contributed by atoms with van der Waals surface area (Å²) in [6, 6.07) is 17.2. The Morgan fingerprint density at radius 2 is 1.70 bits per heavy atom. The smallest absolute Gasteiger partial charge is 0.147 e. The van der Waals surface area contributed by atoms with E-state index >= 15 is 0 Å². The Kier molecular flexibility index (Phi) is 6.45. The van der Waals surface area contributed by atoms with Gasteiger partial charge in [-0.1, -0.05) is 86.3 Å². The first kappa shape index (κ1) is 22.8. The maximum atomic E-state index is 9.99. The van der Waals surface area contributed by atoms with Gasteiger partial charge in [-0.2, -0.15) is 10.5 Å². The molecule has 2 aromatic rings. The maximum absolute atomic E-state index is 9.99. The molecule has 1 aromatic carbocycles. The summed E-state index contributed by atoms with van der Waals surface area (Å²) in [6.07, 6.45) is 12.8. The summed E-state index contributed by atoms with van der Waals surface area (Å²) >= 11 is 3.50. The number of thioether (sulfide) groups is 2. The van der Waals surface area contributed by atoms with Crippen LogP contribution in [0.2, 0.25) is 0 Å². The molecule has 0 bridgehead atoms. The predicted octanol–water partition coefficient (Wildman–Crippen LogP) is 7.51. The minimum absolute atomic E-state index is 0.253. The van der Waals surface area contributed by atoms with E-state index in [-0.39, 0.29) is 4.75 Å². The molecule has 33 heavy (non-hydrogen) atoms. The van der Waals surface area contributed by atoms with Crippen LogP contribution >= 0.6 is 23.5 Å². The van der Waals surface area contributed by atoms with Gasteiger partial charge in [0.1, 0.15) is 10.5 Å². The first-order valence-corrected chi connectivity index (χ1v) is 13.7. The maximum Gasteiger partial charge on any atom is 0.147 e. The number of ether oxygens (including phenoxy) is 1. The quantitative estimate of drug-likeness (QED) is 0.426. The van der Waals surface area contributed by atoms with E-state index < -0.39 is 10.5 Å². The third kappa shape index (κ3) is 4.08. The van der Waals surface area contributed by atoms with Crippen molar-refractivity contribution < 1.29 is 4.74 Å². The van der Waals surface area contributed by atoms with Gasteiger partial charge >= 0.3 is 0 Å². The highest BCUT2D eigenvalue weighted by Gasteiger charge is 2.63. The Balaban J connectivity index is 1.58. The summed E-state index contributed by atoms with van der Waals surface area (Å²) in [6.45, 7) is 0. The summed E-state index contributed by atoms with van der Waals surface area (Å²) in [5, 5.41) is 21.7. The Bertz CT molecular complexity index is 1140. The number of aromatic nitrogens is 1. The molecule has 2 heterocycles. The fourth-order valence-electron chi connectivity index (χ4n) is 5.86. The van der Waals surface area contributed by atoms with E-state index in [9.17, 15) is 10.5 Å². The van der Waals surface area contributed by atoms with Crippen molar-refractivity contribution >= 4 is 34.4 Å². The molecule has 0 amide bonds. The zero-order valence-electron chi connectivity index (χ0n) is 18.9. The second-order valence-electron chi connectivity index (χ2n) is 9.48. The van der Waals surface area contributed by atoms with Gasteiger partial charge in [0, 0.05) is 16.4 Å². The van der Waals surface area contributed by atoms with Gasteiger partial charge in [0.2, 0.25) is 0 Å². The van der Waals surface area contributed by atoms with Crippen LogP contribution in [-0.4, -0.2) is 20.3 Å². The van der Waals surface area contributed by atoms with Gasteiger partial charge in [0.25, 0.3) is 0 Å². The molecule has 4 nitrogen and oxygen atoms in total. The molecule has 3 fully saturated rings. The number of nitrogens with zero attached hydrogens (tertiary/aromatic N) is 3. The van der Waals surface area contributed by atoms with Crippen molar-refractivity contribution in [1.29, 1.82) is 10.5 Å². The number of fused-ring (bicyclic) bond motifs is 1. The van der Waals surface area contributed by atoms with Crippen LogP contribution in [0.25, 0.3) is 10.9 Å². The van der Waals surface area contributed by atoms with Crippen LogP contribution in [0.15, 0.2) is 52.4 Å². The van der Waals surface area contributed by atoms with Crippen molar-refractivity contribution in [2.45, 2.75) is 90.9 Å². The Morgan fingerprint density at radius 1 is 0.970 bits per heavy atom. The van der Waals surface area contributed by atoms with Crippen LogP contribution in [0.1, 0.15) is 70.6 Å². The van der Waals surface area contributed by atoms with E-state index in [2.05, 4.69) is 36.4 Å². The second kappa shape index (κ2) is 9.34. The molecule has 0 N–H and O–H groups in total. The summed E-state index contributed by atoms with van der Waals surface area (Å²) in [4.78, 5) is 5.36. The molecule has 6 heteroatoms. The lowest BCUT2D eigenvalue weighted by Gasteiger charge is -2.49. The molecule has 1 saturated heterocycles. The molecule has 2 saturated carbocycles. The molecular weight excluding hydrogens is 446 g/mol. The van der Waals surface area contributed by atoms with Crippen molar-refractivity contribution in [3.63, 3.8) is 0 Å². The van der Waals surface area contributed by atoms with E-state index in [1.165, 1.54) is 12.8 Å². The SMILES string of the molecule is N#CC=C1SC(CC#N)(C2(Sc3ccc4ccccc4n3)CCCCC2)OC12CCCCC2. The zero-order valence-corrected chi connectivity index (χ0v) is 20.5. The standard InChI is InChI=1S/C27H29N3OS2/c28-19-13-23-25(14-5-1-6-15-25)31-27(32-23,18-20-29)26(16-7-2-8-17-26)33-24-12-11-21-9-3-4-10-22(21)30-24/h3-4,9-13H,1-2,5-8,14-18H2. The lowest BCUT2D eigenvalue weighted by Crippen LogP contribution is -2.53. The number of benzene rings is 1. The largest absolute Gasteiger partial charge is 0.350 e. The van der Waals surface area contributed by atoms with Crippen molar-refractivity contribution in [1.82, 2.24) is 4.98 Å². The third-order valence-electron chi connectivity index (χ3n) is 7.48. The van der Waals surface area contributed by atoms with E-state index in [1.54, 1.807) is 17.8 Å². The molecule has 1 atom stereocenters. The lowest BCUT2D eigenvalue weighted by atomic mass is 9.80. The first-order valence-electron chi connectivity index (χ1n) is 12.1. The highest BCUT2D eigenvalue weighted by Crippen LogP contribution is 2.66. The normalized spacial score (nSPS) is 27.4. The highest BCUT2D eigenvalue weighted by atomic mass is 32.2.